The van der Waals surface area contributed by atoms with Gasteiger partial charge >= 0.3 is 0 Å². The molecule has 0 amide bonds. The van der Waals surface area contributed by atoms with Crippen molar-refractivity contribution in [1.29, 1.82) is 0 Å². The average Bonchev–Trinajstić information content (AvgIpc) is 1.91. The van der Waals surface area contributed by atoms with Gasteiger partial charge in [0.25, 0.3) is 0 Å². The Morgan fingerprint density at radius 2 is 1.36 bits per heavy atom. The molecule has 0 fully saturated rings. The first-order valence-corrected chi connectivity index (χ1v) is 3.20. The molecule has 0 spiro atoms. The Kier molecular flexibility index (Phi) is 8.44. The molecule has 0 nitrogen and oxygen atoms in total. The Labute approximate surface area is 69.1 Å². The zero-order chi connectivity index (χ0) is 7.98. The number of hydrogen-bond donors (Lipinski definition) is 0. The Morgan fingerprint density at radius 1 is 1.00 bits per heavy atom. The molecule has 0 unspecified atom stereocenters. The molecule has 0 N–H and O–H groups in total. The molecule has 0 aliphatic rings. The molecule has 0 aliphatic carbocycles. The van der Waals surface area contributed by atoms with Crippen LogP contribution in [-0.2, 0) is 0 Å². The standard InChI is InChI=1S/C8H10.CH3F.CH4/c1-7-4-3-5-8(2)6-7;1-2;/h3-6H,1-2H3;1H3;1H4. The molecule has 1 aromatic carbocycles. The lowest BCUT2D eigenvalue weighted by Crippen LogP contribution is -1.71. The first-order chi connectivity index (χ1) is 4.79. The topological polar surface area (TPSA) is 0 Å². The Balaban J connectivity index is 0. The molecular formula is C10H17F. The van der Waals surface area contributed by atoms with Gasteiger partial charge in [-0.25, -0.2) is 0 Å². The van der Waals surface area contributed by atoms with E-state index in [0.29, 0.717) is 7.18 Å². The maximum absolute atomic E-state index is 9.50. The van der Waals surface area contributed by atoms with E-state index in [4.69, 9.17) is 0 Å². The number of alkyl halides is 1. The van der Waals surface area contributed by atoms with Gasteiger partial charge in [0, 0.05) is 0 Å². The molecule has 0 saturated carbocycles. The first-order valence-electron chi connectivity index (χ1n) is 3.20. The summed E-state index contributed by atoms with van der Waals surface area (Å²) in [6.45, 7) is 4.21. The molecule has 0 heterocycles. The van der Waals surface area contributed by atoms with E-state index in [9.17, 15) is 4.39 Å². The minimum Gasteiger partial charge on any atom is -0.255 e. The number of rotatable bonds is 0. The van der Waals surface area contributed by atoms with Gasteiger partial charge in [0.15, 0.2) is 0 Å². The van der Waals surface area contributed by atoms with Crippen molar-refractivity contribution in [3.05, 3.63) is 35.4 Å². The third kappa shape index (κ3) is 5.59. The van der Waals surface area contributed by atoms with E-state index >= 15 is 0 Å². The molecule has 1 rings (SSSR count). The SMILES string of the molecule is C.CF.Cc1cccc(C)c1. The van der Waals surface area contributed by atoms with Crippen LogP contribution in [0.4, 0.5) is 4.39 Å². The van der Waals surface area contributed by atoms with Gasteiger partial charge in [-0.1, -0.05) is 42.8 Å². The van der Waals surface area contributed by atoms with Crippen LogP contribution in [0.2, 0.25) is 0 Å². The van der Waals surface area contributed by atoms with Gasteiger partial charge in [0.1, 0.15) is 0 Å². The lowest BCUT2D eigenvalue weighted by molar-refractivity contribution is 0.636. The molecule has 1 aromatic rings. The average molecular weight is 156 g/mol. The third-order valence-corrected chi connectivity index (χ3v) is 1.17. The quantitative estimate of drug-likeness (QED) is 0.539. The summed E-state index contributed by atoms with van der Waals surface area (Å²) in [5, 5.41) is 0. The first kappa shape index (κ1) is 12.8. The summed E-state index contributed by atoms with van der Waals surface area (Å²) in [7, 11) is 0.500. The van der Waals surface area contributed by atoms with Gasteiger partial charge in [0.05, 0.1) is 7.18 Å². The van der Waals surface area contributed by atoms with Crippen LogP contribution in [0.1, 0.15) is 18.6 Å². The fraction of sp³-hybridized carbons (Fsp3) is 0.400. The summed E-state index contributed by atoms with van der Waals surface area (Å²) in [6.07, 6.45) is 0. The van der Waals surface area contributed by atoms with E-state index in [1.165, 1.54) is 11.1 Å². The molecule has 1 heteroatoms. The maximum atomic E-state index is 9.50. The number of benzene rings is 1. The highest BCUT2D eigenvalue weighted by molar-refractivity contribution is 5.20. The summed E-state index contributed by atoms with van der Waals surface area (Å²) >= 11 is 0. The number of hydrogen-bond acceptors (Lipinski definition) is 0. The predicted molar refractivity (Wildman–Crippen MR) is 49.7 cm³/mol. The maximum Gasteiger partial charge on any atom is 0.0785 e. The molecular weight excluding hydrogens is 139 g/mol. The van der Waals surface area contributed by atoms with Crippen molar-refractivity contribution in [3.8, 4) is 0 Å². The van der Waals surface area contributed by atoms with Gasteiger partial charge in [0.2, 0.25) is 0 Å². The van der Waals surface area contributed by atoms with Crippen molar-refractivity contribution < 1.29 is 4.39 Å². The lowest BCUT2D eigenvalue weighted by Gasteiger charge is -1.90. The molecule has 0 radical (unpaired) electrons. The summed E-state index contributed by atoms with van der Waals surface area (Å²) in [4.78, 5) is 0. The van der Waals surface area contributed by atoms with Crippen molar-refractivity contribution in [2.45, 2.75) is 21.3 Å². The van der Waals surface area contributed by atoms with E-state index in [2.05, 4.69) is 38.1 Å². The van der Waals surface area contributed by atoms with Crippen molar-refractivity contribution >= 4 is 0 Å². The Morgan fingerprint density at radius 3 is 1.55 bits per heavy atom. The van der Waals surface area contributed by atoms with Crippen LogP contribution in [-0.4, -0.2) is 7.18 Å². The van der Waals surface area contributed by atoms with Crippen molar-refractivity contribution in [3.63, 3.8) is 0 Å². The van der Waals surface area contributed by atoms with E-state index in [0.717, 1.165) is 0 Å². The molecule has 0 saturated heterocycles. The van der Waals surface area contributed by atoms with Crippen molar-refractivity contribution in [1.82, 2.24) is 0 Å². The molecule has 0 aromatic heterocycles. The van der Waals surface area contributed by atoms with E-state index in [-0.39, 0.29) is 7.43 Å². The van der Waals surface area contributed by atoms with Crippen LogP contribution >= 0.6 is 0 Å². The van der Waals surface area contributed by atoms with E-state index in [1.807, 2.05) is 0 Å². The van der Waals surface area contributed by atoms with E-state index < -0.39 is 0 Å². The van der Waals surface area contributed by atoms with Crippen LogP contribution in [0, 0.1) is 13.8 Å². The molecule has 0 atom stereocenters. The van der Waals surface area contributed by atoms with Crippen LogP contribution in [0.25, 0.3) is 0 Å². The van der Waals surface area contributed by atoms with Gasteiger partial charge in [-0.15, -0.1) is 0 Å². The van der Waals surface area contributed by atoms with Crippen LogP contribution in [0.3, 0.4) is 0 Å². The highest BCUT2D eigenvalue weighted by atomic mass is 19.1. The smallest absolute Gasteiger partial charge is 0.0785 e. The minimum absolute atomic E-state index is 0. The normalized spacial score (nSPS) is 7.27. The van der Waals surface area contributed by atoms with E-state index in [1.54, 1.807) is 0 Å². The van der Waals surface area contributed by atoms with Gasteiger partial charge in [-0.3, -0.25) is 4.39 Å². The second kappa shape index (κ2) is 7.26. The van der Waals surface area contributed by atoms with Gasteiger partial charge in [-0.05, 0) is 13.8 Å². The Hall–Kier alpha value is -0.850. The molecule has 0 bridgehead atoms. The molecule has 11 heavy (non-hydrogen) atoms. The zero-order valence-corrected chi connectivity index (χ0v) is 6.69. The summed E-state index contributed by atoms with van der Waals surface area (Å²) in [5.74, 6) is 0. The predicted octanol–water partition coefficient (Wildman–Crippen LogP) is 3.53. The Bertz CT molecular complexity index is 165. The highest BCUT2D eigenvalue weighted by Gasteiger charge is 1.80. The second-order valence-electron chi connectivity index (χ2n) is 2.16. The highest BCUT2D eigenvalue weighted by Crippen LogP contribution is 2.00. The largest absolute Gasteiger partial charge is 0.255 e. The van der Waals surface area contributed by atoms with Crippen LogP contribution in [0.5, 0.6) is 0 Å². The van der Waals surface area contributed by atoms with Gasteiger partial charge < -0.3 is 0 Å². The van der Waals surface area contributed by atoms with Crippen molar-refractivity contribution in [2.75, 3.05) is 7.18 Å². The van der Waals surface area contributed by atoms with Gasteiger partial charge in [-0.2, -0.15) is 0 Å². The second-order valence-corrected chi connectivity index (χ2v) is 2.16. The van der Waals surface area contributed by atoms with Crippen LogP contribution < -0.4 is 0 Å². The number of aryl methyl sites for hydroxylation is 2. The monoisotopic (exact) mass is 156 g/mol. The summed E-state index contributed by atoms with van der Waals surface area (Å²) in [5.41, 5.74) is 2.68. The molecule has 64 valence electrons. The fourth-order valence-electron chi connectivity index (χ4n) is 0.807. The fourth-order valence-corrected chi connectivity index (χ4v) is 0.807. The summed E-state index contributed by atoms with van der Waals surface area (Å²) < 4.78 is 9.50. The minimum atomic E-state index is 0. The number of halogens is 1. The van der Waals surface area contributed by atoms with Crippen LogP contribution in [0.15, 0.2) is 24.3 Å². The van der Waals surface area contributed by atoms with Crippen molar-refractivity contribution in [2.24, 2.45) is 0 Å². The third-order valence-electron chi connectivity index (χ3n) is 1.17. The molecule has 0 aliphatic heterocycles. The zero-order valence-electron chi connectivity index (χ0n) is 6.69. The summed E-state index contributed by atoms with van der Waals surface area (Å²) in [6, 6.07) is 8.45. The lowest BCUT2D eigenvalue weighted by atomic mass is 10.2.